The molecule has 0 heterocycles. The average Bonchev–Trinajstić information content (AvgIpc) is 2.37. The van der Waals surface area contributed by atoms with Crippen molar-refractivity contribution < 1.29 is 0 Å². The number of halogens is 2. The molecule has 0 fully saturated rings. The molecule has 0 amide bonds. The summed E-state index contributed by atoms with van der Waals surface area (Å²) in [6.45, 7) is 0. The molecule has 2 aromatic rings. The van der Waals surface area contributed by atoms with E-state index in [-0.39, 0.29) is 6.04 Å². The van der Waals surface area contributed by atoms with Crippen LogP contribution in [0.5, 0.6) is 0 Å². The predicted molar refractivity (Wildman–Crippen MR) is 80.6 cm³/mol. The molecule has 0 spiro atoms. The molecule has 1 nitrogen and oxygen atoms in total. The van der Waals surface area contributed by atoms with Crippen molar-refractivity contribution in [1.29, 1.82) is 0 Å². The minimum Gasteiger partial charge on any atom is -0.323 e. The first-order chi connectivity index (χ1) is 8.65. The summed E-state index contributed by atoms with van der Waals surface area (Å²) in [6, 6.07) is 15.4. The Kier molecular flexibility index (Phi) is 4.95. The first kappa shape index (κ1) is 13.8. The fraction of sp³-hybridized carbons (Fsp3) is 0.143. The van der Waals surface area contributed by atoms with Gasteiger partial charge in [0.25, 0.3) is 0 Å². The Bertz CT molecular complexity index is 513. The first-order valence-electron chi connectivity index (χ1n) is 5.54. The quantitative estimate of drug-likeness (QED) is 0.822. The molecule has 18 heavy (non-hydrogen) atoms. The number of hydrogen-bond acceptors (Lipinski definition) is 2. The predicted octanol–water partition coefficient (Wildman–Crippen LogP) is 4.79. The number of hydrogen-bond donors (Lipinski definition) is 1. The maximum absolute atomic E-state index is 6.13. The second-order valence-electron chi connectivity index (χ2n) is 3.93. The molecule has 4 heteroatoms. The maximum Gasteiger partial charge on any atom is 0.0417 e. The van der Waals surface area contributed by atoms with E-state index in [0.717, 1.165) is 26.3 Å². The van der Waals surface area contributed by atoms with Gasteiger partial charge in [0, 0.05) is 26.7 Å². The standard InChI is InChI=1S/C14H13Cl2NS/c15-11-6-4-10(5-7-11)14(17)9-18-13-3-1-2-12(16)8-13/h1-8,14H,9,17H2. The van der Waals surface area contributed by atoms with Crippen LogP contribution in [0.15, 0.2) is 53.4 Å². The van der Waals surface area contributed by atoms with Gasteiger partial charge in [0.15, 0.2) is 0 Å². The topological polar surface area (TPSA) is 26.0 Å². The van der Waals surface area contributed by atoms with E-state index in [1.54, 1.807) is 11.8 Å². The molecule has 0 aliphatic heterocycles. The van der Waals surface area contributed by atoms with Gasteiger partial charge in [0.1, 0.15) is 0 Å². The number of rotatable bonds is 4. The minimum atomic E-state index is -0.00810. The lowest BCUT2D eigenvalue weighted by molar-refractivity contribution is 0.831. The van der Waals surface area contributed by atoms with Crippen molar-refractivity contribution in [1.82, 2.24) is 0 Å². The second kappa shape index (κ2) is 6.48. The third-order valence-electron chi connectivity index (χ3n) is 2.52. The average molecular weight is 298 g/mol. The zero-order valence-electron chi connectivity index (χ0n) is 9.64. The summed E-state index contributed by atoms with van der Waals surface area (Å²) >= 11 is 13.5. The van der Waals surface area contributed by atoms with E-state index in [1.807, 2.05) is 48.5 Å². The van der Waals surface area contributed by atoms with E-state index < -0.39 is 0 Å². The summed E-state index contributed by atoms with van der Waals surface area (Å²) < 4.78 is 0. The Labute approximate surface area is 121 Å². The third-order valence-corrected chi connectivity index (χ3v) is 4.12. The Morgan fingerprint density at radius 1 is 1.00 bits per heavy atom. The van der Waals surface area contributed by atoms with Gasteiger partial charge in [-0.25, -0.2) is 0 Å². The highest BCUT2D eigenvalue weighted by Gasteiger charge is 2.06. The Balaban J connectivity index is 1.96. The molecule has 0 radical (unpaired) electrons. The van der Waals surface area contributed by atoms with Gasteiger partial charge >= 0.3 is 0 Å². The summed E-state index contributed by atoms with van der Waals surface area (Å²) in [7, 11) is 0. The van der Waals surface area contributed by atoms with E-state index in [9.17, 15) is 0 Å². The molecule has 0 aliphatic carbocycles. The van der Waals surface area contributed by atoms with Crippen molar-refractivity contribution in [2.45, 2.75) is 10.9 Å². The maximum atomic E-state index is 6.13. The van der Waals surface area contributed by atoms with Crippen LogP contribution < -0.4 is 5.73 Å². The van der Waals surface area contributed by atoms with Crippen LogP contribution in [0, 0.1) is 0 Å². The van der Waals surface area contributed by atoms with Gasteiger partial charge in [-0.15, -0.1) is 11.8 Å². The fourth-order valence-electron chi connectivity index (χ4n) is 1.55. The minimum absolute atomic E-state index is 0.00810. The first-order valence-corrected chi connectivity index (χ1v) is 7.29. The lowest BCUT2D eigenvalue weighted by Crippen LogP contribution is -2.12. The summed E-state index contributed by atoms with van der Waals surface area (Å²) in [6.07, 6.45) is 0. The Morgan fingerprint density at radius 3 is 2.39 bits per heavy atom. The van der Waals surface area contributed by atoms with Gasteiger partial charge in [-0.2, -0.15) is 0 Å². The van der Waals surface area contributed by atoms with Gasteiger partial charge in [-0.05, 0) is 35.9 Å². The summed E-state index contributed by atoms with van der Waals surface area (Å²) in [5, 5.41) is 1.48. The van der Waals surface area contributed by atoms with Crippen LogP contribution in [0.25, 0.3) is 0 Å². The van der Waals surface area contributed by atoms with Crippen molar-refractivity contribution in [3.63, 3.8) is 0 Å². The molecule has 1 unspecified atom stereocenters. The van der Waals surface area contributed by atoms with E-state index in [2.05, 4.69) is 0 Å². The van der Waals surface area contributed by atoms with Crippen LogP contribution in [0.1, 0.15) is 11.6 Å². The second-order valence-corrected chi connectivity index (χ2v) is 5.89. The molecule has 2 rings (SSSR count). The van der Waals surface area contributed by atoms with Crippen LogP contribution in [0.3, 0.4) is 0 Å². The molecule has 0 bridgehead atoms. The molecule has 94 valence electrons. The SMILES string of the molecule is NC(CSc1cccc(Cl)c1)c1ccc(Cl)cc1. The monoisotopic (exact) mass is 297 g/mol. The molecule has 0 aliphatic rings. The van der Waals surface area contributed by atoms with Crippen molar-refractivity contribution in [3.05, 3.63) is 64.1 Å². The molecule has 0 saturated carbocycles. The van der Waals surface area contributed by atoms with E-state index in [0.29, 0.717) is 0 Å². The van der Waals surface area contributed by atoms with E-state index in [4.69, 9.17) is 28.9 Å². The molecular weight excluding hydrogens is 285 g/mol. The van der Waals surface area contributed by atoms with Crippen molar-refractivity contribution >= 4 is 35.0 Å². The van der Waals surface area contributed by atoms with E-state index >= 15 is 0 Å². The largest absolute Gasteiger partial charge is 0.323 e. The zero-order chi connectivity index (χ0) is 13.0. The Morgan fingerprint density at radius 2 is 1.72 bits per heavy atom. The van der Waals surface area contributed by atoms with Crippen LogP contribution >= 0.6 is 35.0 Å². The highest BCUT2D eigenvalue weighted by atomic mass is 35.5. The normalized spacial score (nSPS) is 12.4. The van der Waals surface area contributed by atoms with Crippen LogP contribution in [0.4, 0.5) is 0 Å². The van der Waals surface area contributed by atoms with Crippen molar-refractivity contribution in [3.8, 4) is 0 Å². The van der Waals surface area contributed by atoms with Gasteiger partial charge in [0.2, 0.25) is 0 Å². The highest BCUT2D eigenvalue weighted by Crippen LogP contribution is 2.26. The highest BCUT2D eigenvalue weighted by molar-refractivity contribution is 7.99. The zero-order valence-corrected chi connectivity index (χ0v) is 12.0. The molecule has 0 aromatic heterocycles. The summed E-state index contributed by atoms with van der Waals surface area (Å²) in [5.74, 6) is 0.808. The van der Waals surface area contributed by atoms with Crippen LogP contribution in [-0.4, -0.2) is 5.75 Å². The summed E-state index contributed by atoms with van der Waals surface area (Å²) in [5.41, 5.74) is 7.23. The van der Waals surface area contributed by atoms with Crippen molar-refractivity contribution in [2.75, 3.05) is 5.75 Å². The van der Waals surface area contributed by atoms with Gasteiger partial charge in [-0.1, -0.05) is 41.4 Å². The molecular formula is C14H13Cl2NS. The molecule has 0 saturated heterocycles. The smallest absolute Gasteiger partial charge is 0.0417 e. The lowest BCUT2D eigenvalue weighted by Gasteiger charge is -2.11. The summed E-state index contributed by atoms with van der Waals surface area (Å²) in [4.78, 5) is 1.13. The third kappa shape index (κ3) is 3.92. The molecule has 1 atom stereocenters. The molecule has 2 N–H and O–H groups in total. The fourth-order valence-corrected chi connectivity index (χ4v) is 2.88. The van der Waals surface area contributed by atoms with Gasteiger partial charge in [0.05, 0.1) is 0 Å². The number of benzene rings is 2. The van der Waals surface area contributed by atoms with Gasteiger partial charge < -0.3 is 5.73 Å². The van der Waals surface area contributed by atoms with Gasteiger partial charge in [-0.3, -0.25) is 0 Å². The lowest BCUT2D eigenvalue weighted by atomic mass is 10.1. The molecule has 2 aromatic carbocycles. The number of nitrogens with two attached hydrogens (primary N) is 1. The van der Waals surface area contributed by atoms with E-state index in [1.165, 1.54) is 0 Å². The van der Waals surface area contributed by atoms with Crippen LogP contribution in [0.2, 0.25) is 10.0 Å². The van der Waals surface area contributed by atoms with Crippen LogP contribution in [-0.2, 0) is 0 Å². The number of thioether (sulfide) groups is 1. The Hall–Kier alpha value is -0.670. The van der Waals surface area contributed by atoms with Crippen molar-refractivity contribution in [2.24, 2.45) is 5.73 Å².